The minimum Gasteiger partial charge on any atom is -0.480 e. The van der Waals surface area contributed by atoms with Gasteiger partial charge in [0.15, 0.2) is 0 Å². The highest BCUT2D eigenvalue weighted by atomic mass is 32.1. The maximum absolute atomic E-state index is 11.9. The van der Waals surface area contributed by atoms with Crippen LogP contribution in [-0.4, -0.2) is 27.5 Å². The molecule has 0 unspecified atom stereocenters. The molecule has 110 valence electrons. The van der Waals surface area contributed by atoms with E-state index in [0.717, 1.165) is 21.6 Å². The third kappa shape index (κ3) is 2.76. The van der Waals surface area contributed by atoms with E-state index in [1.165, 1.54) is 0 Å². The minimum atomic E-state index is -1.02. The van der Waals surface area contributed by atoms with Crippen molar-refractivity contribution in [1.82, 2.24) is 10.3 Å². The highest BCUT2D eigenvalue weighted by Crippen LogP contribution is 2.32. The Hall–Kier alpha value is -1.95. The first-order valence-electron chi connectivity index (χ1n) is 6.98. The van der Waals surface area contributed by atoms with Gasteiger partial charge < -0.3 is 10.4 Å². The van der Waals surface area contributed by atoms with Crippen LogP contribution >= 0.6 is 11.3 Å². The molecule has 6 heteroatoms. The molecule has 1 aliphatic rings. The van der Waals surface area contributed by atoms with E-state index in [0.29, 0.717) is 19.3 Å². The van der Waals surface area contributed by atoms with Crippen LogP contribution in [0.5, 0.6) is 0 Å². The van der Waals surface area contributed by atoms with Gasteiger partial charge in [0, 0.05) is 12.8 Å². The highest BCUT2D eigenvalue weighted by Gasteiger charge is 2.45. The average Bonchev–Trinajstić information content (AvgIpc) is 2.83. The van der Waals surface area contributed by atoms with Crippen molar-refractivity contribution in [3.8, 4) is 0 Å². The second kappa shape index (κ2) is 5.44. The number of carbonyl (C=O) groups excluding carboxylic acids is 1. The maximum atomic E-state index is 11.9. The third-order valence-corrected chi connectivity index (χ3v) is 5.00. The summed E-state index contributed by atoms with van der Waals surface area (Å²) >= 11 is 1.58. The number of para-hydroxylation sites is 1. The maximum Gasteiger partial charge on any atom is 0.329 e. The number of aryl methyl sites for hydroxylation is 1. The fourth-order valence-electron chi connectivity index (χ4n) is 2.50. The van der Waals surface area contributed by atoms with Crippen LogP contribution in [0.4, 0.5) is 0 Å². The number of thiazole rings is 1. The van der Waals surface area contributed by atoms with Gasteiger partial charge in [-0.2, -0.15) is 0 Å². The molecule has 1 saturated carbocycles. The Bertz CT molecular complexity index is 658. The van der Waals surface area contributed by atoms with Crippen molar-refractivity contribution in [3.63, 3.8) is 0 Å². The van der Waals surface area contributed by atoms with Crippen molar-refractivity contribution in [1.29, 1.82) is 0 Å². The summed E-state index contributed by atoms with van der Waals surface area (Å²) < 4.78 is 1.11. The summed E-state index contributed by atoms with van der Waals surface area (Å²) in [6.07, 6.45) is 2.71. The Kier molecular flexibility index (Phi) is 3.63. The zero-order chi connectivity index (χ0) is 14.9. The van der Waals surface area contributed by atoms with Gasteiger partial charge in [0.2, 0.25) is 5.91 Å². The highest BCUT2D eigenvalue weighted by molar-refractivity contribution is 7.18. The summed E-state index contributed by atoms with van der Waals surface area (Å²) in [6.45, 7) is 0. The Morgan fingerprint density at radius 3 is 2.71 bits per heavy atom. The summed E-state index contributed by atoms with van der Waals surface area (Å²) in [5.74, 6) is -1.14. The van der Waals surface area contributed by atoms with Gasteiger partial charge in [-0.3, -0.25) is 4.79 Å². The molecule has 2 N–H and O–H groups in total. The molecular weight excluding hydrogens is 288 g/mol. The van der Waals surface area contributed by atoms with E-state index in [-0.39, 0.29) is 12.3 Å². The van der Waals surface area contributed by atoms with E-state index in [1.54, 1.807) is 11.3 Å². The zero-order valence-electron chi connectivity index (χ0n) is 11.5. The van der Waals surface area contributed by atoms with Crippen molar-refractivity contribution in [2.24, 2.45) is 0 Å². The van der Waals surface area contributed by atoms with E-state index < -0.39 is 11.5 Å². The lowest BCUT2D eigenvalue weighted by molar-refractivity contribution is -0.151. The van der Waals surface area contributed by atoms with Gasteiger partial charge >= 0.3 is 5.97 Å². The lowest BCUT2D eigenvalue weighted by Gasteiger charge is -2.38. The van der Waals surface area contributed by atoms with Gasteiger partial charge in [0.05, 0.1) is 15.2 Å². The Labute approximate surface area is 126 Å². The van der Waals surface area contributed by atoms with Gasteiger partial charge in [-0.1, -0.05) is 12.1 Å². The van der Waals surface area contributed by atoms with Crippen LogP contribution in [0, 0.1) is 0 Å². The van der Waals surface area contributed by atoms with E-state index in [1.807, 2.05) is 24.3 Å². The molecular formula is C15H16N2O3S. The predicted octanol–water partition coefficient (Wildman–Crippen LogP) is 2.35. The largest absolute Gasteiger partial charge is 0.480 e. The minimum absolute atomic E-state index is 0.212. The fraction of sp³-hybridized carbons (Fsp3) is 0.400. The lowest BCUT2D eigenvalue weighted by Crippen LogP contribution is -2.59. The molecule has 21 heavy (non-hydrogen) atoms. The monoisotopic (exact) mass is 304 g/mol. The fourth-order valence-corrected chi connectivity index (χ4v) is 3.47. The number of rotatable bonds is 5. The van der Waals surface area contributed by atoms with Crippen molar-refractivity contribution >= 4 is 33.4 Å². The lowest BCUT2D eigenvalue weighted by atomic mass is 9.76. The van der Waals surface area contributed by atoms with Gasteiger partial charge in [0.25, 0.3) is 0 Å². The standard InChI is InChI=1S/C15H16N2O3S/c18-12(17-15(14(19)20)8-3-9-15)6-7-13-16-10-4-1-2-5-11(10)21-13/h1-2,4-5H,3,6-9H2,(H,17,18)(H,19,20). The third-order valence-electron chi connectivity index (χ3n) is 3.90. The first-order valence-corrected chi connectivity index (χ1v) is 7.80. The number of aromatic nitrogens is 1. The van der Waals surface area contributed by atoms with Crippen molar-refractivity contribution in [2.75, 3.05) is 0 Å². The number of hydrogen-bond acceptors (Lipinski definition) is 4. The second-order valence-corrected chi connectivity index (χ2v) is 6.48. The van der Waals surface area contributed by atoms with E-state index >= 15 is 0 Å². The first-order chi connectivity index (χ1) is 10.1. The van der Waals surface area contributed by atoms with Crippen LogP contribution in [0.1, 0.15) is 30.7 Å². The Morgan fingerprint density at radius 2 is 2.10 bits per heavy atom. The summed E-state index contributed by atoms with van der Waals surface area (Å²) in [6, 6.07) is 7.85. The van der Waals surface area contributed by atoms with Crippen LogP contribution in [0.2, 0.25) is 0 Å². The number of nitrogens with zero attached hydrogens (tertiary/aromatic N) is 1. The number of amides is 1. The molecule has 3 rings (SSSR count). The predicted molar refractivity (Wildman–Crippen MR) is 80.3 cm³/mol. The molecule has 0 aliphatic heterocycles. The number of aliphatic carboxylic acids is 1. The molecule has 1 heterocycles. The van der Waals surface area contributed by atoms with E-state index in [4.69, 9.17) is 0 Å². The average molecular weight is 304 g/mol. The summed E-state index contributed by atoms with van der Waals surface area (Å²) in [4.78, 5) is 27.6. The molecule has 0 atom stereocenters. The molecule has 0 radical (unpaired) electrons. The van der Waals surface area contributed by atoms with Gasteiger partial charge in [-0.15, -0.1) is 11.3 Å². The van der Waals surface area contributed by atoms with E-state index in [2.05, 4.69) is 10.3 Å². The van der Waals surface area contributed by atoms with Crippen molar-refractivity contribution in [2.45, 2.75) is 37.6 Å². The number of carbonyl (C=O) groups is 2. The van der Waals surface area contributed by atoms with Crippen LogP contribution < -0.4 is 5.32 Å². The summed E-state index contributed by atoms with van der Waals surface area (Å²) in [5, 5.41) is 12.8. The SMILES string of the molecule is O=C(CCc1nc2ccccc2s1)NC1(C(=O)O)CCC1. The first kappa shape index (κ1) is 14.0. The Balaban J connectivity index is 1.59. The molecule has 2 aromatic rings. The number of benzene rings is 1. The molecule has 1 aromatic carbocycles. The van der Waals surface area contributed by atoms with Crippen LogP contribution in [0.3, 0.4) is 0 Å². The van der Waals surface area contributed by atoms with Crippen LogP contribution in [-0.2, 0) is 16.0 Å². The Morgan fingerprint density at radius 1 is 1.33 bits per heavy atom. The van der Waals surface area contributed by atoms with Crippen molar-refractivity contribution in [3.05, 3.63) is 29.3 Å². The van der Waals surface area contributed by atoms with Crippen molar-refractivity contribution < 1.29 is 14.7 Å². The molecule has 1 amide bonds. The smallest absolute Gasteiger partial charge is 0.329 e. The second-order valence-electron chi connectivity index (χ2n) is 5.36. The van der Waals surface area contributed by atoms with Gasteiger partial charge in [0.1, 0.15) is 5.54 Å². The molecule has 0 bridgehead atoms. The quantitative estimate of drug-likeness (QED) is 0.888. The topological polar surface area (TPSA) is 79.3 Å². The number of carboxylic acid groups (broad SMARTS) is 1. The molecule has 1 aromatic heterocycles. The van der Waals surface area contributed by atoms with Crippen LogP contribution in [0.25, 0.3) is 10.2 Å². The molecule has 5 nitrogen and oxygen atoms in total. The number of fused-ring (bicyclic) bond motifs is 1. The van der Waals surface area contributed by atoms with Gasteiger partial charge in [-0.05, 0) is 31.4 Å². The number of nitrogens with one attached hydrogen (secondary N) is 1. The number of hydrogen-bond donors (Lipinski definition) is 2. The number of carboxylic acids is 1. The van der Waals surface area contributed by atoms with E-state index in [9.17, 15) is 14.7 Å². The van der Waals surface area contributed by atoms with Crippen LogP contribution in [0.15, 0.2) is 24.3 Å². The molecule has 1 aliphatic carbocycles. The molecule has 0 spiro atoms. The van der Waals surface area contributed by atoms with Gasteiger partial charge in [-0.25, -0.2) is 9.78 Å². The summed E-state index contributed by atoms with van der Waals surface area (Å²) in [7, 11) is 0. The normalized spacial score (nSPS) is 16.4. The summed E-state index contributed by atoms with van der Waals surface area (Å²) in [5.41, 5.74) is -0.0797. The zero-order valence-corrected chi connectivity index (χ0v) is 12.3. The molecule has 1 fully saturated rings. The molecule has 0 saturated heterocycles.